The number of hydrogen-bond donors (Lipinski definition) is 1. The second-order valence-electron chi connectivity index (χ2n) is 6.63. The van der Waals surface area contributed by atoms with Crippen molar-refractivity contribution in [3.8, 4) is 0 Å². The van der Waals surface area contributed by atoms with Crippen LogP contribution in [0.25, 0.3) is 0 Å². The van der Waals surface area contributed by atoms with Crippen molar-refractivity contribution in [1.29, 1.82) is 0 Å². The summed E-state index contributed by atoms with van der Waals surface area (Å²) in [6.07, 6.45) is 2.67. The van der Waals surface area contributed by atoms with Crippen molar-refractivity contribution in [2.45, 2.75) is 55.6 Å². The first kappa shape index (κ1) is 21.9. The number of alkyl halides is 3. The zero-order valence-electron chi connectivity index (χ0n) is 15.2. The van der Waals surface area contributed by atoms with E-state index in [1.165, 1.54) is 6.92 Å². The Bertz CT molecular complexity index is 873. The van der Waals surface area contributed by atoms with Gasteiger partial charge >= 0.3 is 5.51 Å². The summed E-state index contributed by atoms with van der Waals surface area (Å²) < 4.78 is 61.0. The van der Waals surface area contributed by atoms with Crippen LogP contribution in [0.5, 0.6) is 0 Å². The van der Waals surface area contributed by atoms with Crippen LogP contribution in [0, 0.1) is 10.1 Å². The molecule has 0 aliphatic carbocycles. The number of halogens is 3. The van der Waals surface area contributed by atoms with Crippen molar-refractivity contribution >= 4 is 27.1 Å². The average molecular weight is 423 g/mol. The number of amides is 1. The molecule has 1 N–H and O–H groups in total. The monoisotopic (exact) mass is 423 g/mol. The van der Waals surface area contributed by atoms with E-state index in [9.17, 15) is 36.5 Å². The van der Waals surface area contributed by atoms with Crippen molar-refractivity contribution in [3.63, 3.8) is 0 Å². The van der Waals surface area contributed by atoms with E-state index in [1.807, 2.05) is 6.92 Å². The molecule has 0 spiro atoms. The Morgan fingerprint density at radius 1 is 1.36 bits per heavy atom. The minimum Gasteiger partial charge on any atom is -0.368 e. The fourth-order valence-corrected chi connectivity index (χ4v) is 3.84. The van der Waals surface area contributed by atoms with Gasteiger partial charge in [0.05, 0.1) is 9.82 Å². The number of hydrogen-bond acceptors (Lipinski definition) is 6. The predicted octanol–water partition coefficient (Wildman–Crippen LogP) is 3.09. The van der Waals surface area contributed by atoms with Crippen molar-refractivity contribution < 1.29 is 31.3 Å². The summed E-state index contributed by atoms with van der Waals surface area (Å²) in [7, 11) is -5.73. The SMILES string of the molecule is CC(Nc1ccc(S(=O)(=O)C(F)(F)F)cc1[N+](=O)[O-])C(=O)N1CCCCC1C. The lowest BCUT2D eigenvalue weighted by Gasteiger charge is -2.35. The molecule has 1 heterocycles. The number of carbonyl (C=O) groups excluding carboxylic acids is 1. The van der Waals surface area contributed by atoms with E-state index in [0.29, 0.717) is 18.7 Å². The van der Waals surface area contributed by atoms with Gasteiger partial charge in [-0.1, -0.05) is 0 Å². The quantitative estimate of drug-likeness (QED) is 0.576. The van der Waals surface area contributed by atoms with Crippen LogP contribution in [0.15, 0.2) is 23.1 Å². The number of sulfone groups is 1. The normalized spacial score (nSPS) is 19.2. The van der Waals surface area contributed by atoms with Crippen molar-refractivity contribution in [2.75, 3.05) is 11.9 Å². The Morgan fingerprint density at radius 3 is 2.54 bits per heavy atom. The highest BCUT2D eigenvalue weighted by Gasteiger charge is 2.47. The van der Waals surface area contributed by atoms with Crippen molar-refractivity contribution in [2.24, 2.45) is 0 Å². The number of carbonyl (C=O) groups is 1. The molecule has 1 aromatic rings. The minimum absolute atomic E-state index is 0.0137. The predicted molar refractivity (Wildman–Crippen MR) is 94.4 cm³/mol. The zero-order valence-corrected chi connectivity index (χ0v) is 16.0. The second-order valence-corrected chi connectivity index (χ2v) is 8.57. The van der Waals surface area contributed by atoms with E-state index in [2.05, 4.69) is 5.32 Å². The molecule has 8 nitrogen and oxygen atoms in total. The molecule has 0 radical (unpaired) electrons. The molecule has 156 valence electrons. The van der Waals surface area contributed by atoms with Crippen LogP contribution < -0.4 is 5.32 Å². The first-order valence-corrected chi connectivity index (χ1v) is 10.0. The fourth-order valence-electron chi connectivity index (χ4n) is 3.05. The number of anilines is 1. The van der Waals surface area contributed by atoms with Gasteiger partial charge < -0.3 is 10.2 Å². The summed E-state index contributed by atoms with van der Waals surface area (Å²) in [5.74, 6) is -0.298. The lowest BCUT2D eigenvalue weighted by molar-refractivity contribution is -0.384. The molecule has 1 aliphatic rings. The first-order chi connectivity index (χ1) is 12.9. The van der Waals surface area contributed by atoms with Crippen LogP contribution in [0.3, 0.4) is 0 Å². The van der Waals surface area contributed by atoms with Gasteiger partial charge in [-0.15, -0.1) is 0 Å². The molecule has 2 unspecified atom stereocenters. The highest BCUT2D eigenvalue weighted by atomic mass is 32.2. The van der Waals surface area contributed by atoms with Crippen LogP contribution in [0.2, 0.25) is 0 Å². The standard InChI is InChI=1S/C16H20F3N3O5S/c1-10-5-3-4-8-21(10)15(23)11(2)20-13-7-6-12(9-14(13)22(24)25)28(26,27)16(17,18)19/h6-7,9-11,20H,3-5,8H2,1-2H3. The zero-order chi connectivity index (χ0) is 21.3. The van der Waals surface area contributed by atoms with E-state index in [1.54, 1.807) is 4.90 Å². The van der Waals surface area contributed by atoms with E-state index in [0.717, 1.165) is 25.3 Å². The Labute approximate surface area is 159 Å². The van der Waals surface area contributed by atoms with Crippen LogP contribution in [-0.4, -0.2) is 48.3 Å². The Morgan fingerprint density at radius 2 is 2.00 bits per heavy atom. The Kier molecular flexibility index (Phi) is 6.21. The van der Waals surface area contributed by atoms with Gasteiger partial charge in [0.1, 0.15) is 11.7 Å². The first-order valence-electron chi connectivity index (χ1n) is 8.53. The third-order valence-corrected chi connectivity index (χ3v) is 6.09. The summed E-state index contributed by atoms with van der Waals surface area (Å²) >= 11 is 0. The number of nitrogens with zero attached hydrogens (tertiary/aromatic N) is 2. The third kappa shape index (κ3) is 4.37. The van der Waals surface area contributed by atoms with Gasteiger partial charge in [-0.2, -0.15) is 13.2 Å². The molecule has 1 saturated heterocycles. The van der Waals surface area contributed by atoms with Crippen LogP contribution >= 0.6 is 0 Å². The van der Waals surface area contributed by atoms with Crippen LogP contribution in [0.1, 0.15) is 33.1 Å². The maximum absolute atomic E-state index is 12.7. The summed E-state index contributed by atoms with van der Waals surface area (Å²) in [5.41, 5.74) is -6.68. The van der Waals surface area contributed by atoms with Crippen molar-refractivity contribution in [1.82, 2.24) is 4.90 Å². The second kappa shape index (κ2) is 7.94. The van der Waals surface area contributed by atoms with Gasteiger partial charge in [-0.05, 0) is 45.2 Å². The molecule has 0 aromatic heterocycles. The molecule has 12 heteroatoms. The Hall–Kier alpha value is -2.37. The summed E-state index contributed by atoms with van der Waals surface area (Å²) in [4.78, 5) is 23.3. The minimum atomic E-state index is -5.73. The third-order valence-electron chi connectivity index (χ3n) is 4.61. The highest BCUT2D eigenvalue weighted by molar-refractivity contribution is 7.92. The van der Waals surface area contributed by atoms with Gasteiger partial charge in [-0.3, -0.25) is 14.9 Å². The lowest BCUT2D eigenvalue weighted by atomic mass is 10.0. The Balaban J connectivity index is 2.30. The molecule has 28 heavy (non-hydrogen) atoms. The number of nitro benzene ring substituents is 1. The molecule has 2 atom stereocenters. The van der Waals surface area contributed by atoms with Gasteiger partial charge in [0.2, 0.25) is 5.91 Å². The van der Waals surface area contributed by atoms with Gasteiger partial charge in [-0.25, -0.2) is 8.42 Å². The molecular weight excluding hydrogens is 403 g/mol. The molecule has 0 saturated carbocycles. The number of benzene rings is 1. The lowest BCUT2D eigenvalue weighted by Crippen LogP contribution is -2.48. The maximum Gasteiger partial charge on any atom is 0.501 e. The van der Waals surface area contributed by atoms with Crippen molar-refractivity contribution in [3.05, 3.63) is 28.3 Å². The molecule has 1 amide bonds. The smallest absolute Gasteiger partial charge is 0.368 e. The van der Waals surface area contributed by atoms with Crippen LogP contribution in [0.4, 0.5) is 24.5 Å². The number of nitrogens with one attached hydrogen (secondary N) is 1. The number of nitro groups is 1. The number of rotatable bonds is 5. The van der Waals surface area contributed by atoms with E-state index >= 15 is 0 Å². The van der Waals surface area contributed by atoms with Gasteiger partial charge in [0.25, 0.3) is 15.5 Å². The maximum atomic E-state index is 12.7. The highest BCUT2D eigenvalue weighted by Crippen LogP contribution is 2.35. The van der Waals surface area contributed by atoms with E-state index in [4.69, 9.17) is 0 Å². The van der Waals surface area contributed by atoms with Gasteiger partial charge in [0.15, 0.2) is 0 Å². The summed E-state index contributed by atoms with van der Waals surface area (Å²) in [6, 6.07) is 0.953. The number of piperidine rings is 1. The molecule has 0 bridgehead atoms. The largest absolute Gasteiger partial charge is 0.501 e. The van der Waals surface area contributed by atoms with E-state index in [-0.39, 0.29) is 17.6 Å². The average Bonchev–Trinajstić information content (AvgIpc) is 2.60. The fraction of sp³-hybridized carbons (Fsp3) is 0.562. The molecule has 2 rings (SSSR count). The molecular formula is C16H20F3N3O5S. The van der Waals surface area contributed by atoms with Crippen LogP contribution in [-0.2, 0) is 14.6 Å². The van der Waals surface area contributed by atoms with E-state index < -0.39 is 36.9 Å². The molecule has 1 aromatic carbocycles. The topological polar surface area (TPSA) is 110 Å². The summed E-state index contributed by atoms with van der Waals surface area (Å²) in [5, 5.41) is 13.9. The van der Waals surface area contributed by atoms with Gasteiger partial charge in [0, 0.05) is 18.7 Å². The number of likely N-dealkylation sites (tertiary alicyclic amines) is 1. The molecule has 1 aliphatic heterocycles. The summed E-state index contributed by atoms with van der Waals surface area (Å²) in [6.45, 7) is 3.92. The molecule has 1 fully saturated rings.